The van der Waals surface area contributed by atoms with E-state index in [4.69, 9.17) is 9.26 Å². The first-order valence-electron chi connectivity index (χ1n) is 11.1. The summed E-state index contributed by atoms with van der Waals surface area (Å²) in [5, 5.41) is 24.3. The average molecular weight is 622 g/mol. The second kappa shape index (κ2) is 13.8. The van der Waals surface area contributed by atoms with E-state index < -0.39 is 51.5 Å². The van der Waals surface area contributed by atoms with Crippen LogP contribution in [0.25, 0.3) is 11.2 Å². The number of nitrogens with one attached hydrogen (secondary N) is 1. The normalized spacial score (nSPS) is 23.1. The molecule has 5 atom stereocenters. The summed E-state index contributed by atoms with van der Waals surface area (Å²) in [5.74, 6) is 0.710. The fourth-order valence-electron chi connectivity index (χ4n) is 3.53. The number of thioether (sulfide) groups is 2. The molecule has 0 spiro atoms. The van der Waals surface area contributed by atoms with Gasteiger partial charge < -0.3 is 29.7 Å². The molecule has 20 heteroatoms. The molecule has 3 N–H and O–H groups in total. The molecule has 3 aromatic rings. The smallest absolute Gasteiger partial charge is 0.761 e. The maximum atomic E-state index is 12.6. The fourth-order valence-corrected chi connectivity index (χ4v) is 5.53. The Morgan fingerprint density at radius 2 is 2.03 bits per heavy atom. The van der Waals surface area contributed by atoms with Crippen molar-refractivity contribution in [2.45, 2.75) is 42.3 Å². The molecule has 4 heterocycles. The molecule has 3 aromatic heterocycles. The zero-order valence-electron chi connectivity index (χ0n) is 20.8. The molecule has 0 amide bonds. The van der Waals surface area contributed by atoms with Crippen LogP contribution in [0.1, 0.15) is 12.6 Å². The van der Waals surface area contributed by atoms with Gasteiger partial charge in [0.05, 0.1) is 19.4 Å². The molecule has 1 unspecified atom stereocenters. The van der Waals surface area contributed by atoms with Crippen molar-refractivity contribution >= 4 is 48.3 Å². The van der Waals surface area contributed by atoms with Gasteiger partial charge in [0, 0.05) is 30.4 Å². The van der Waals surface area contributed by atoms with Crippen molar-refractivity contribution in [3.8, 4) is 0 Å². The Hall–Kier alpha value is -0.920. The molecule has 0 saturated carbocycles. The van der Waals surface area contributed by atoms with E-state index in [0.29, 0.717) is 6.54 Å². The molecule has 13 nitrogen and oxygen atoms in total. The van der Waals surface area contributed by atoms with Crippen LogP contribution in [-0.2, 0) is 13.8 Å². The van der Waals surface area contributed by atoms with Gasteiger partial charge in [-0.05, 0) is 6.26 Å². The molecule has 39 heavy (non-hydrogen) atoms. The van der Waals surface area contributed by atoms with E-state index in [1.54, 1.807) is 11.8 Å². The van der Waals surface area contributed by atoms with E-state index in [1.807, 2.05) is 6.26 Å². The minimum Gasteiger partial charge on any atom is -0.761 e. The van der Waals surface area contributed by atoms with Crippen LogP contribution < -0.4 is 39.8 Å². The quantitative estimate of drug-likeness (QED) is 0.0702. The predicted molar refractivity (Wildman–Crippen MR) is 131 cm³/mol. The summed E-state index contributed by atoms with van der Waals surface area (Å²) in [5.41, 5.74) is 0.423. The second-order valence-electron chi connectivity index (χ2n) is 8.07. The minimum atomic E-state index is -4.57. The number of fused-ring (bicyclic) bond motifs is 1. The molecule has 0 bridgehead atoms. The van der Waals surface area contributed by atoms with E-state index in [0.717, 1.165) is 28.2 Å². The number of ether oxygens (including phenoxy) is 1. The molecule has 1 aliphatic rings. The Kier molecular flexibility index (Phi) is 11.6. The van der Waals surface area contributed by atoms with Gasteiger partial charge in [0.15, 0.2) is 28.4 Å². The fraction of sp³-hybridized carbons (Fsp3) is 0.579. The van der Waals surface area contributed by atoms with Crippen LogP contribution in [0.15, 0.2) is 30.2 Å². The van der Waals surface area contributed by atoms with Crippen molar-refractivity contribution in [2.24, 2.45) is 0 Å². The maximum Gasteiger partial charge on any atom is 1.00 e. The Bertz CT molecular complexity index is 1270. The number of hydrogen-bond acceptors (Lipinski definition) is 13. The van der Waals surface area contributed by atoms with Crippen LogP contribution in [-0.4, -0.2) is 94.5 Å². The molecule has 4 rings (SSSR count). The number of aliphatic hydroxyl groups excluding tert-OH is 2. The van der Waals surface area contributed by atoms with Gasteiger partial charge in [0.1, 0.15) is 24.6 Å². The molecule has 0 radical (unpaired) electrons. The van der Waals surface area contributed by atoms with E-state index in [2.05, 4.69) is 25.3 Å². The first-order valence-corrected chi connectivity index (χ1v) is 15.0. The van der Waals surface area contributed by atoms with Crippen LogP contribution in [0.2, 0.25) is 0 Å². The molecular weight excluding hydrogens is 597 g/mol. The van der Waals surface area contributed by atoms with Crippen molar-refractivity contribution in [1.82, 2.24) is 28.8 Å². The summed E-state index contributed by atoms with van der Waals surface area (Å²) in [7, 11) is -4.57. The van der Waals surface area contributed by atoms with E-state index in [1.165, 1.54) is 23.3 Å². The number of anilines is 1. The summed E-state index contributed by atoms with van der Waals surface area (Å²) >= 11 is 2.38. The number of aliphatic hydroxyl groups is 2. The average Bonchev–Trinajstić information content (AvgIpc) is 3.59. The predicted octanol–water partition coefficient (Wildman–Crippen LogP) is -1.50. The molecule has 1 saturated heterocycles. The Balaban J connectivity index is 0.00000420. The van der Waals surface area contributed by atoms with Gasteiger partial charge in [-0.15, -0.1) is 0 Å². The van der Waals surface area contributed by atoms with Gasteiger partial charge in [-0.25, -0.2) is 19.9 Å². The van der Waals surface area contributed by atoms with Crippen LogP contribution in [0.4, 0.5) is 19.0 Å². The number of hydrogen-bond donors (Lipinski definition) is 3. The first-order chi connectivity index (χ1) is 18.0. The van der Waals surface area contributed by atoms with E-state index in [-0.39, 0.29) is 57.4 Å². The van der Waals surface area contributed by atoms with Gasteiger partial charge in [0.2, 0.25) is 7.75 Å². The van der Waals surface area contributed by atoms with Crippen molar-refractivity contribution in [1.29, 1.82) is 0 Å². The maximum absolute atomic E-state index is 12.6. The zero-order chi connectivity index (χ0) is 27.5. The van der Waals surface area contributed by atoms with Crippen LogP contribution in [0.5, 0.6) is 0 Å². The first kappa shape index (κ1) is 32.6. The third-order valence-electron chi connectivity index (χ3n) is 5.40. The minimum absolute atomic E-state index is 0. The van der Waals surface area contributed by atoms with Crippen LogP contribution >= 0.6 is 31.3 Å². The van der Waals surface area contributed by atoms with Gasteiger partial charge in [0.25, 0.3) is 0 Å². The summed E-state index contributed by atoms with van der Waals surface area (Å²) in [6.45, 7) is -0.102. The van der Waals surface area contributed by atoms with Gasteiger partial charge in [-0.1, -0.05) is 11.8 Å². The molecule has 1 fully saturated rings. The monoisotopic (exact) mass is 621 g/mol. The largest absolute Gasteiger partial charge is 1.00 e. The standard InChI is InChI=1S/C19H25F3N7O6PS2.Na/c1-37-7-4-24-15-12-16(27-18(26-15)38-6-2-19(20,21)22)29(10-25-12)17-14(31)13(30)11(35-17)8-34-36(32,33)28-5-3-23-9-28;/h3,5,9-11,13-14,17,30-31H,2,4,6-8H2,1H3,(H,32,33)(H,24,26,27);/q;+1/p-1/t11-,13-,14-,17-;/m1./s1. The number of rotatable bonds is 12. The third-order valence-corrected chi connectivity index (χ3v) is 8.14. The second-order valence-corrected chi connectivity index (χ2v) is 11.8. The summed E-state index contributed by atoms with van der Waals surface area (Å²) in [6, 6.07) is 0. The Morgan fingerprint density at radius 3 is 2.69 bits per heavy atom. The summed E-state index contributed by atoms with van der Waals surface area (Å²) in [6.07, 6.45) is -4.24. The van der Waals surface area contributed by atoms with Crippen LogP contribution in [0.3, 0.4) is 0 Å². The van der Waals surface area contributed by atoms with Crippen LogP contribution in [0, 0.1) is 0 Å². The SMILES string of the molecule is CSCCNc1nc(SCCC(F)(F)F)nc2c1ncn2[C@@H]1O[C@H](COP(=O)([O-])n2ccnc2)[C@@H](O)[C@H]1O.[Na+]. The van der Waals surface area contributed by atoms with Crippen molar-refractivity contribution in [3.05, 3.63) is 25.0 Å². The molecule has 1 aliphatic heterocycles. The van der Waals surface area contributed by atoms with Gasteiger partial charge in [-0.2, -0.15) is 24.9 Å². The number of aromatic nitrogens is 6. The molecule has 0 aliphatic carbocycles. The Morgan fingerprint density at radius 1 is 1.26 bits per heavy atom. The van der Waals surface area contributed by atoms with Crippen molar-refractivity contribution in [3.63, 3.8) is 0 Å². The summed E-state index contributed by atoms with van der Waals surface area (Å²) in [4.78, 5) is 28.8. The number of alkyl halides is 3. The summed E-state index contributed by atoms with van der Waals surface area (Å²) < 4.78 is 63.0. The Labute approximate surface area is 251 Å². The van der Waals surface area contributed by atoms with Crippen molar-refractivity contribution < 1.29 is 71.7 Å². The van der Waals surface area contributed by atoms with Gasteiger partial charge >= 0.3 is 35.7 Å². The van der Waals surface area contributed by atoms with Crippen molar-refractivity contribution in [2.75, 3.05) is 36.2 Å². The number of nitrogens with zero attached hydrogens (tertiary/aromatic N) is 6. The topological polar surface area (TPSA) is 172 Å². The molecule has 210 valence electrons. The van der Waals surface area contributed by atoms with E-state index >= 15 is 0 Å². The van der Waals surface area contributed by atoms with E-state index in [9.17, 15) is 32.8 Å². The third kappa shape index (κ3) is 8.09. The molecule has 0 aromatic carbocycles. The number of imidazole rings is 2. The zero-order valence-corrected chi connectivity index (χ0v) is 25.3. The molecular formula is C19H24F3N7NaO6PS2. The number of halogens is 3. The van der Waals surface area contributed by atoms with Gasteiger partial charge in [-0.3, -0.25) is 13.5 Å².